The van der Waals surface area contributed by atoms with E-state index in [1.54, 1.807) is 14.0 Å². The van der Waals surface area contributed by atoms with Gasteiger partial charge >= 0.3 is 6.09 Å². The minimum Gasteiger partial charge on any atom is -0.450 e. The topological polar surface area (TPSA) is 67.9 Å². The van der Waals surface area contributed by atoms with E-state index >= 15 is 0 Å². The summed E-state index contributed by atoms with van der Waals surface area (Å²) in [4.78, 5) is 23.5. The zero-order chi connectivity index (χ0) is 11.7. The third-order valence-corrected chi connectivity index (χ3v) is 1.59. The van der Waals surface area contributed by atoms with Crippen LogP contribution in [0.3, 0.4) is 0 Å². The molecule has 0 atom stereocenters. The SMILES string of the molecule is CCOC(=O)N(C)CC(=O)NCCOC. The van der Waals surface area contributed by atoms with Crippen LogP contribution in [0.1, 0.15) is 6.92 Å². The highest BCUT2D eigenvalue weighted by molar-refractivity contribution is 5.81. The summed E-state index contributed by atoms with van der Waals surface area (Å²) in [7, 11) is 3.06. The molecule has 0 saturated carbocycles. The minimum atomic E-state index is -0.501. The van der Waals surface area contributed by atoms with Crippen molar-refractivity contribution in [2.75, 3.05) is 40.5 Å². The van der Waals surface area contributed by atoms with Gasteiger partial charge in [0.15, 0.2) is 0 Å². The Labute approximate surface area is 89.5 Å². The Morgan fingerprint density at radius 1 is 1.40 bits per heavy atom. The zero-order valence-corrected chi connectivity index (χ0v) is 9.41. The van der Waals surface area contributed by atoms with E-state index in [-0.39, 0.29) is 12.5 Å². The van der Waals surface area contributed by atoms with E-state index in [1.807, 2.05) is 0 Å². The lowest BCUT2D eigenvalue weighted by Gasteiger charge is -2.15. The van der Waals surface area contributed by atoms with Crippen LogP contribution in [0.5, 0.6) is 0 Å². The lowest BCUT2D eigenvalue weighted by atomic mass is 10.5. The molecule has 0 fully saturated rings. The Morgan fingerprint density at radius 3 is 2.60 bits per heavy atom. The molecule has 1 N–H and O–H groups in total. The summed E-state index contributed by atoms with van der Waals surface area (Å²) in [5, 5.41) is 2.60. The van der Waals surface area contributed by atoms with E-state index in [9.17, 15) is 9.59 Å². The van der Waals surface area contributed by atoms with E-state index in [0.29, 0.717) is 19.8 Å². The van der Waals surface area contributed by atoms with Crippen LogP contribution >= 0.6 is 0 Å². The molecule has 6 nitrogen and oxygen atoms in total. The number of carbonyl (C=O) groups excluding carboxylic acids is 2. The van der Waals surface area contributed by atoms with Crippen molar-refractivity contribution < 1.29 is 19.1 Å². The summed E-state index contributed by atoms with van der Waals surface area (Å²) in [6.45, 7) is 2.89. The number of hydrogen-bond donors (Lipinski definition) is 1. The summed E-state index contributed by atoms with van der Waals surface area (Å²) < 4.78 is 9.48. The van der Waals surface area contributed by atoms with Crippen molar-refractivity contribution >= 4 is 12.0 Å². The molecular weight excluding hydrogens is 200 g/mol. The largest absolute Gasteiger partial charge is 0.450 e. The van der Waals surface area contributed by atoms with Crippen LogP contribution in [-0.2, 0) is 14.3 Å². The van der Waals surface area contributed by atoms with Gasteiger partial charge in [0, 0.05) is 20.7 Å². The molecule has 2 amide bonds. The monoisotopic (exact) mass is 218 g/mol. The van der Waals surface area contributed by atoms with Crippen molar-refractivity contribution in [2.45, 2.75) is 6.92 Å². The maximum atomic E-state index is 11.2. The van der Waals surface area contributed by atoms with E-state index < -0.39 is 6.09 Å². The summed E-state index contributed by atoms with van der Waals surface area (Å²) >= 11 is 0. The summed E-state index contributed by atoms with van der Waals surface area (Å²) in [6, 6.07) is 0. The molecular formula is C9H18N2O4. The second kappa shape index (κ2) is 8.05. The number of ether oxygens (including phenoxy) is 2. The van der Waals surface area contributed by atoms with Crippen molar-refractivity contribution in [3.63, 3.8) is 0 Å². The molecule has 0 radical (unpaired) electrons. The second-order valence-corrected chi connectivity index (χ2v) is 2.90. The fourth-order valence-electron chi connectivity index (χ4n) is 0.862. The van der Waals surface area contributed by atoms with Crippen molar-refractivity contribution in [1.82, 2.24) is 10.2 Å². The van der Waals surface area contributed by atoms with E-state index in [4.69, 9.17) is 9.47 Å². The molecule has 0 spiro atoms. The summed E-state index contributed by atoms with van der Waals surface area (Å²) in [5.41, 5.74) is 0. The molecule has 0 heterocycles. The fourth-order valence-corrected chi connectivity index (χ4v) is 0.862. The van der Waals surface area contributed by atoms with Crippen LogP contribution in [-0.4, -0.2) is 57.4 Å². The van der Waals surface area contributed by atoms with Gasteiger partial charge in [0.25, 0.3) is 0 Å². The standard InChI is InChI=1S/C9H18N2O4/c1-4-15-9(13)11(2)7-8(12)10-5-6-14-3/h4-7H2,1-3H3,(H,10,12). The Morgan fingerprint density at radius 2 is 2.07 bits per heavy atom. The van der Waals surface area contributed by atoms with Gasteiger partial charge in [-0.15, -0.1) is 0 Å². The first-order valence-electron chi connectivity index (χ1n) is 4.75. The molecule has 0 saturated heterocycles. The van der Waals surface area contributed by atoms with Gasteiger partial charge < -0.3 is 19.7 Å². The molecule has 88 valence electrons. The molecule has 0 aromatic carbocycles. The molecule has 0 unspecified atom stereocenters. The highest BCUT2D eigenvalue weighted by Gasteiger charge is 2.12. The first-order valence-corrected chi connectivity index (χ1v) is 4.75. The average molecular weight is 218 g/mol. The number of amides is 2. The summed E-state index contributed by atoms with van der Waals surface area (Å²) in [5.74, 6) is -0.234. The normalized spacial score (nSPS) is 9.53. The predicted molar refractivity (Wildman–Crippen MR) is 54.5 cm³/mol. The average Bonchev–Trinajstić information content (AvgIpc) is 2.18. The quantitative estimate of drug-likeness (QED) is 0.629. The molecule has 0 bridgehead atoms. The number of likely N-dealkylation sites (N-methyl/N-ethyl adjacent to an activating group) is 1. The lowest BCUT2D eigenvalue weighted by Crippen LogP contribution is -2.39. The van der Waals surface area contributed by atoms with Crippen LogP contribution in [0.25, 0.3) is 0 Å². The number of carbonyl (C=O) groups is 2. The van der Waals surface area contributed by atoms with Crippen molar-refractivity contribution in [3.8, 4) is 0 Å². The van der Waals surface area contributed by atoms with Crippen LogP contribution in [0.2, 0.25) is 0 Å². The van der Waals surface area contributed by atoms with Crippen molar-refractivity contribution in [3.05, 3.63) is 0 Å². The first kappa shape index (κ1) is 13.7. The number of methoxy groups -OCH3 is 1. The van der Waals surface area contributed by atoms with Crippen molar-refractivity contribution in [2.24, 2.45) is 0 Å². The van der Waals surface area contributed by atoms with E-state index in [0.717, 1.165) is 0 Å². The molecule has 6 heteroatoms. The van der Waals surface area contributed by atoms with Gasteiger partial charge in [0.2, 0.25) is 5.91 Å². The van der Waals surface area contributed by atoms with Gasteiger partial charge in [0.1, 0.15) is 6.54 Å². The number of hydrogen-bond acceptors (Lipinski definition) is 4. The number of rotatable bonds is 6. The van der Waals surface area contributed by atoms with Crippen LogP contribution in [0.4, 0.5) is 4.79 Å². The van der Waals surface area contributed by atoms with Crippen molar-refractivity contribution in [1.29, 1.82) is 0 Å². The minimum absolute atomic E-state index is 0.0114. The van der Waals surface area contributed by atoms with Gasteiger partial charge in [-0.1, -0.05) is 0 Å². The maximum Gasteiger partial charge on any atom is 0.409 e. The van der Waals surface area contributed by atoms with Crippen LogP contribution in [0.15, 0.2) is 0 Å². The molecule has 0 aliphatic carbocycles. The number of nitrogens with one attached hydrogen (secondary N) is 1. The summed E-state index contributed by atoms with van der Waals surface area (Å²) in [6.07, 6.45) is -0.501. The Balaban J connectivity index is 3.70. The lowest BCUT2D eigenvalue weighted by molar-refractivity contribution is -0.121. The van der Waals surface area contributed by atoms with Gasteiger partial charge in [-0.2, -0.15) is 0 Å². The second-order valence-electron chi connectivity index (χ2n) is 2.90. The maximum absolute atomic E-state index is 11.2. The Kier molecular flexibility index (Phi) is 7.35. The highest BCUT2D eigenvalue weighted by Crippen LogP contribution is 1.89. The van der Waals surface area contributed by atoms with E-state index in [1.165, 1.54) is 11.9 Å². The fraction of sp³-hybridized carbons (Fsp3) is 0.778. The van der Waals surface area contributed by atoms with Crippen LogP contribution < -0.4 is 5.32 Å². The van der Waals surface area contributed by atoms with Gasteiger partial charge in [0.05, 0.1) is 13.2 Å². The van der Waals surface area contributed by atoms with Gasteiger partial charge in [-0.25, -0.2) is 4.79 Å². The Hall–Kier alpha value is -1.30. The van der Waals surface area contributed by atoms with Crippen LogP contribution in [0, 0.1) is 0 Å². The van der Waals surface area contributed by atoms with E-state index in [2.05, 4.69) is 5.32 Å². The smallest absolute Gasteiger partial charge is 0.409 e. The molecule has 0 aliphatic rings. The molecule has 0 aromatic rings. The zero-order valence-electron chi connectivity index (χ0n) is 9.41. The third-order valence-electron chi connectivity index (χ3n) is 1.59. The molecule has 0 rings (SSSR count). The molecule has 0 aromatic heterocycles. The molecule has 15 heavy (non-hydrogen) atoms. The number of nitrogens with zero attached hydrogens (tertiary/aromatic N) is 1. The predicted octanol–water partition coefficient (Wildman–Crippen LogP) is -0.163. The van der Waals surface area contributed by atoms with Gasteiger partial charge in [-0.05, 0) is 6.92 Å². The first-order chi connectivity index (χ1) is 7.11. The third kappa shape index (κ3) is 6.73. The van der Waals surface area contributed by atoms with Gasteiger partial charge in [-0.3, -0.25) is 4.79 Å². The highest BCUT2D eigenvalue weighted by atomic mass is 16.6. The Bertz CT molecular complexity index is 208. The molecule has 0 aliphatic heterocycles.